The molecule has 2 aliphatic rings. The Kier molecular flexibility index (Phi) is 5.24. The van der Waals surface area contributed by atoms with E-state index in [1.165, 1.54) is 38.5 Å². The summed E-state index contributed by atoms with van der Waals surface area (Å²) in [5.74, 6) is 0. The van der Waals surface area contributed by atoms with Crippen molar-refractivity contribution in [3.63, 3.8) is 0 Å². The summed E-state index contributed by atoms with van der Waals surface area (Å²) in [5, 5.41) is 3.86. The molecule has 2 fully saturated rings. The van der Waals surface area contributed by atoms with Crippen LogP contribution in [0.5, 0.6) is 0 Å². The van der Waals surface area contributed by atoms with Crippen molar-refractivity contribution in [3.05, 3.63) is 0 Å². The van der Waals surface area contributed by atoms with Crippen molar-refractivity contribution in [2.45, 2.75) is 76.2 Å². The summed E-state index contributed by atoms with van der Waals surface area (Å²) >= 11 is 1.96. The van der Waals surface area contributed by atoms with Gasteiger partial charge in [0.25, 0.3) is 0 Å². The van der Waals surface area contributed by atoms with E-state index in [-0.39, 0.29) is 0 Å². The van der Waals surface area contributed by atoms with Crippen LogP contribution in [0.15, 0.2) is 0 Å². The quantitative estimate of drug-likeness (QED) is 0.801. The van der Waals surface area contributed by atoms with E-state index < -0.39 is 0 Å². The average Bonchev–Trinajstić information content (AvgIpc) is 2.43. The van der Waals surface area contributed by atoms with E-state index in [1.54, 1.807) is 0 Å². The zero-order valence-electron chi connectivity index (χ0n) is 13.1. The normalized spacial score (nSPS) is 30.3. The molecule has 2 nitrogen and oxygen atoms in total. The molecule has 0 radical (unpaired) electrons. The van der Waals surface area contributed by atoms with Gasteiger partial charge in [-0.05, 0) is 46.3 Å². The van der Waals surface area contributed by atoms with E-state index in [4.69, 9.17) is 4.74 Å². The highest BCUT2D eigenvalue weighted by atomic mass is 32.2. The third-order valence-electron chi connectivity index (χ3n) is 5.26. The van der Waals surface area contributed by atoms with Gasteiger partial charge in [0.2, 0.25) is 0 Å². The maximum atomic E-state index is 6.01. The maximum absolute atomic E-state index is 6.01. The zero-order chi connectivity index (χ0) is 13.9. The second kappa shape index (κ2) is 6.36. The Bertz CT molecular complexity index is 286. The van der Waals surface area contributed by atoms with Gasteiger partial charge in [-0.3, -0.25) is 0 Å². The number of nitrogens with one attached hydrogen (secondary N) is 1. The van der Waals surface area contributed by atoms with Crippen molar-refractivity contribution >= 4 is 11.8 Å². The highest BCUT2D eigenvalue weighted by Gasteiger charge is 2.55. The fourth-order valence-corrected chi connectivity index (χ4v) is 4.02. The van der Waals surface area contributed by atoms with E-state index in [0.29, 0.717) is 22.3 Å². The number of hydrogen-bond donors (Lipinski definition) is 1. The van der Waals surface area contributed by atoms with Crippen LogP contribution in [0.25, 0.3) is 0 Å². The van der Waals surface area contributed by atoms with Crippen LogP contribution >= 0.6 is 11.8 Å². The van der Waals surface area contributed by atoms with E-state index in [1.807, 2.05) is 11.8 Å². The van der Waals surface area contributed by atoms with Crippen LogP contribution in [0.1, 0.15) is 59.3 Å². The first-order valence-electron chi connectivity index (χ1n) is 7.94. The minimum atomic E-state index is 0.340. The summed E-state index contributed by atoms with van der Waals surface area (Å²) in [4.78, 5) is 0. The van der Waals surface area contributed by atoms with Crippen molar-refractivity contribution in [2.24, 2.45) is 5.41 Å². The first-order valence-corrected chi connectivity index (χ1v) is 9.17. The van der Waals surface area contributed by atoms with Crippen LogP contribution in [0.3, 0.4) is 0 Å². The van der Waals surface area contributed by atoms with Crippen LogP contribution in [0.2, 0.25) is 0 Å². The third-order valence-corrected chi connectivity index (χ3v) is 6.51. The van der Waals surface area contributed by atoms with Gasteiger partial charge in [0, 0.05) is 29.4 Å². The van der Waals surface area contributed by atoms with Crippen molar-refractivity contribution in [1.29, 1.82) is 0 Å². The molecule has 2 atom stereocenters. The van der Waals surface area contributed by atoms with Crippen LogP contribution in [-0.4, -0.2) is 36.3 Å². The molecule has 112 valence electrons. The molecule has 0 amide bonds. The Morgan fingerprint density at radius 1 is 1.26 bits per heavy atom. The monoisotopic (exact) mass is 285 g/mol. The summed E-state index contributed by atoms with van der Waals surface area (Å²) in [6, 6.07) is 0.691. The molecule has 0 heterocycles. The van der Waals surface area contributed by atoms with Crippen molar-refractivity contribution in [1.82, 2.24) is 5.32 Å². The first-order chi connectivity index (χ1) is 9.04. The van der Waals surface area contributed by atoms with E-state index in [0.717, 1.165) is 13.2 Å². The van der Waals surface area contributed by atoms with Gasteiger partial charge in [-0.25, -0.2) is 0 Å². The molecule has 19 heavy (non-hydrogen) atoms. The number of hydrogen-bond acceptors (Lipinski definition) is 3. The van der Waals surface area contributed by atoms with Crippen molar-refractivity contribution in [3.8, 4) is 0 Å². The molecule has 1 spiro atoms. The number of ether oxygens (including phenoxy) is 1. The molecule has 0 aromatic carbocycles. The lowest BCUT2D eigenvalue weighted by atomic mass is 9.55. The first kappa shape index (κ1) is 15.7. The van der Waals surface area contributed by atoms with Gasteiger partial charge in [0.15, 0.2) is 0 Å². The van der Waals surface area contributed by atoms with E-state index >= 15 is 0 Å². The lowest BCUT2D eigenvalue weighted by molar-refractivity contribution is -0.150. The molecule has 2 aliphatic carbocycles. The molecule has 2 saturated carbocycles. The summed E-state index contributed by atoms with van der Waals surface area (Å²) < 4.78 is 6.35. The molecule has 1 N–H and O–H groups in total. The summed E-state index contributed by atoms with van der Waals surface area (Å²) in [6.45, 7) is 8.77. The molecule has 3 heteroatoms. The molecule has 0 bridgehead atoms. The van der Waals surface area contributed by atoms with Crippen LogP contribution in [0.4, 0.5) is 0 Å². The van der Waals surface area contributed by atoms with Crippen LogP contribution < -0.4 is 5.32 Å². The minimum absolute atomic E-state index is 0.340. The minimum Gasteiger partial charge on any atom is -0.378 e. The van der Waals surface area contributed by atoms with Gasteiger partial charge in [0.05, 0.1) is 6.10 Å². The summed E-state index contributed by atoms with van der Waals surface area (Å²) in [7, 11) is 0. The molecule has 0 saturated heterocycles. The Balaban J connectivity index is 1.93. The van der Waals surface area contributed by atoms with Crippen molar-refractivity contribution < 1.29 is 4.74 Å². The smallest absolute Gasteiger partial charge is 0.0661 e. The van der Waals surface area contributed by atoms with Gasteiger partial charge in [-0.2, -0.15) is 11.8 Å². The Morgan fingerprint density at radius 3 is 2.53 bits per heavy atom. The Labute approximate surface area is 123 Å². The molecular weight excluding hydrogens is 254 g/mol. The van der Waals surface area contributed by atoms with Crippen LogP contribution in [-0.2, 0) is 4.74 Å². The van der Waals surface area contributed by atoms with Gasteiger partial charge < -0.3 is 10.1 Å². The van der Waals surface area contributed by atoms with Gasteiger partial charge in [-0.15, -0.1) is 0 Å². The molecule has 2 unspecified atom stereocenters. The van der Waals surface area contributed by atoms with E-state index in [2.05, 4.69) is 32.3 Å². The highest BCUT2D eigenvalue weighted by molar-refractivity contribution is 7.99. The van der Waals surface area contributed by atoms with Gasteiger partial charge >= 0.3 is 0 Å². The third kappa shape index (κ3) is 3.30. The molecule has 0 aromatic rings. The van der Waals surface area contributed by atoms with Gasteiger partial charge in [-0.1, -0.05) is 19.3 Å². The summed E-state index contributed by atoms with van der Waals surface area (Å²) in [6.07, 6.45) is 10.9. The zero-order valence-corrected chi connectivity index (χ0v) is 13.9. The van der Waals surface area contributed by atoms with Crippen LogP contribution in [0, 0.1) is 5.41 Å². The standard InChI is InChI=1S/C16H31NOS/c1-5-18-14-11-13(17-12-15(2,3)19-4)16(14)9-7-6-8-10-16/h13-14,17H,5-12H2,1-4H3. The predicted molar refractivity (Wildman–Crippen MR) is 84.9 cm³/mol. The second-order valence-electron chi connectivity index (χ2n) is 6.87. The molecule has 0 aliphatic heterocycles. The van der Waals surface area contributed by atoms with E-state index in [9.17, 15) is 0 Å². The SMILES string of the molecule is CCOC1CC(NCC(C)(C)SC)C12CCCCC2. The molecule has 2 rings (SSSR count). The summed E-state index contributed by atoms with van der Waals surface area (Å²) in [5.41, 5.74) is 0.461. The lowest BCUT2D eigenvalue weighted by Crippen LogP contribution is -2.65. The molecule has 0 aromatic heterocycles. The number of thioether (sulfide) groups is 1. The molecular formula is C16H31NOS. The Morgan fingerprint density at radius 2 is 1.95 bits per heavy atom. The largest absolute Gasteiger partial charge is 0.378 e. The second-order valence-corrected chi connectivity index (χ2v) is 8.38. The lowest BCUT2D eigenvalue weighted by Gasteiger charge is -2.58. The topological polar surface area (TPSA) is 21.3 Å². The van der Waals surface area contributed by atoms with Crippen molar-refractivity contribution in [2.75, 3.05) is 19.4 Å². The highest BCUT2D eigenvalue weighted by Crippen LogP contribution is 2.53. The predicted octanol–water partition coefficient (Wildman–Crippen LogP) is 3.85. The Hall–Kier alpha value is 0.270. The fourth-order valence-electron chi connectivity index (χ4n) is 3.79. The maximum Gasteiger partial charge on any atom is 0.0661 e. The number of rotatable bonds is 6. The van der Waals surface area contributed by atoms with Gasteiger partial charge in [0.1, 0.15) is 0 Å². The fraction of sp³-hybridized carbons (Fsp3) is 1.00. The average molecular weight is 285 g/mol.